The molecule has 106 valence electrons. The fourth-order valence-electron chi connectivity index (χ4n) is 1.98. The van der Waals surface area contributed by atoms with Gasteiger partial charge in [-0.05, 0) is 19.4 Å². The van der Waals surface area contributed by atoms with E-state index >= 15 is 0 Å². The Morgan fingerprint density at radius 2 is 2.00 bits per heavy atom. The predicted octanol–water partition coefficient (Wildman–Crippen LogP) is 1.42. The highest BCUT2D eigenvalue weighted by Gasteiger charge is 2.09. The second-order valence-electron chi connectivity index (χ2n) is 4.70. The summed E-state index contributed by atoms with van der Waals surface area (Å²) in [4.78, 5) is 11.4. The van der Waals surface area contributed by atoms with Crippen molar-refractivity contribution >= 4 is 5.91 Å². The Morgan fingerprint density at radius 1 is 1.32 bits per heavy atom. The summed E-state index contributed by atoms with van der Waals surface area (Å²) in [6, 6.07) is 4.07. The first-order valence-electron chi connectivity index (χ1n) is 6.12. The van der Waals surface area contributed by atoms with E-state index in [2.05, 4.69) is 11.5 Å². The van der Waals surface area contributed by atoms with E-state index in [-0.39, 0.29) is 12.5 Å². The molecule has 0 aliphatic heterocycles. The fraction of sp³-hybridized carbons (Fsp3) is 0.500. The summed E-state index contributed by atoms with van der Waals surface area (Å²) in [5.41, 5.74) is 5.79. The third-order valence-corrected chi connectivity index (χ3v) is 2.54. The first-order chi connectivity index (χ1) is 8.93. The summed E-state index contributed by atoms with van der Waals surface area (Å²) in [5.74, 6) is 0.645. The van der Waals surface area contributed by atoms with Gasteiger partial charge >= 0.3 is 0 Å². The largest absolute Gasteiger partial charge is 0.496 e. The number of rotatable bonds is 6. The molecular formula is C14H22N2O3. The number of carbonyl (C=O) groups is 1. The molecule has 0 aliphatic carbocycles. The molecule has 19 heavy (non-hydrogen) atoms. The van der Waals surface area contributed by atoms with Gasteiger partial charge in [0.2, 0.25) is 0 Å². The summed E-state index contributed by atoms with van der Waals surface area (Å²) < 4.78 is 10.8. The molecule has 1 rings (SSSR count). The van der Waals surface area contributed by atoms with Crippen LogP contribution in [0, 0.1) is 13.8 Å². The number of methoxy groups -OCH3 is 1. The smallest absolute Gasteiger partial charge is 0.260 e. The van der Waals surface area contributed by atoms with Crippen LogP contribution in [0.15, 0.2) is 12.1 Å². The molecule has 0 aliphatic rings. The summed E-state index contributed by atoms with van der Waals surface area (Å²) in [7, 11) is 5.15. The minimum absolute atomic E-state index is 0.0221. The Morgan fingerprint density at radius 3 is 2.58 bits per heavy atom. The van der Waals surface area contributed by atoms with Gasteiger partial charge in [0, 0.05) is 19.7 Å². The van der Waals surface area contributed by atoms with Gasteiger partial charge < -0.3 is 9.47 Å². The molecule has 0 bridgehead atoms. The number of aryl methyl sites for hydroxylation is 2. The Labute approximate surface area is 114 Å². The van der Waals surface area contributed by atoms with Gasteiger partial charge in [0.1, 0.15) is 12.4 Å². The summed E-state index contributed by atoms with van der Waals surface area (Å²) in [5, 5.41) is 1.59. The molecule has 1 amide bonds. The van der Waals surface area contributed by atoms with Gasteiger partial charge in [0.25, 0.3) is 5.91 Å². The Kier molecular flexibility index (Phi) is 5.79. The van der Waals surface area contributed by atoms with Crippen molar-refractivity contribution in [1.82, 2.24) is 10.4 Å². The lowest BCUT2D eigenvalue weighted by molar-refractivity contribution is -0.129. The molecule has 5 nitrogen and oxygen atoms in total. The highest BCUT2D eigenvalue weighted by atomic mass is 16.5. The maximum Gasteiger partial charge on any atom is 0.260 e. The third kappa shape index (κ3) is 4.89. The van der Waals surface area contributed by atoms with Crippen LogP contribution in [0.25, 0.3) is 0 Å². The second kappa shape index (κ2) is 7.11. The van der Waals surface area contributed by atoms with Gasteiger partial charge in [0.15, 0.2) is 0 Å². The van der Waals surface area contributed by atoms with E-state index in [4.69, 9.17) is 9.47 Å². The van der Waals surface area contributed by atoms with Gasteiger partial charge in [-0.15, -0.1) is 0 Å². The fourth-order valence-corrected chi connectivity index (χ4v) is 1.98. The number of nitrogens with zero attached hydrogens (tertiary/aromatic N) is 1. The molecule has 0 saturated carbocycles. The minimum atomic E-state index is -0.173. The molecule has 0 aromatic heterocycles. The molecule has 5 heteroatoms. The number of benzene rings is 1. The van der Waals surface area contributed by atoms with Crippen molar-refractivity contribution in [2.24, 2.45) is 0 Å². The normalized spacial score (nSPS) is 10.6. The van der Waals surface area contributed by atoms with E-state index < -0.39 is 0 Å². The van der Waals surface area contributed by atoms with E-state index in [1.54, 1.807) is 26.2 Å². The molecule has 0 unspecified atom stereocenters. The maximum atomic E-state index is 11.4. The molecule has 1 aromatic carbocycles. The van der Waals surface area contributed by atoms with E-state index in [0.29, 0.717) is 6.61 Å². The first-order valence-corrected chi connectivity index (χ1v) is 6.12. The Balaban J connectivity index is 2.60. The maximum absolute atomic E-state index is 11.4. The molecule has 0 spiro atoms. The molecule has 0 saturated heterocycles. The van der Waals surface area contributed by atoms with Crippen molar-refractivity contribution in [2.75, 3.05) is 27.8 Å². The van der Waals surface area contributed by atoms with Crippen LogP contribution in [0.2, 0.25) is 0 Å². The predicted molar refractivity (Wildman–Crippen MR) is 74.0 cm³/mol. The van der Waals surface area contributed by atoms with Crippen molar-refractivity contribution in [3.8, 4) is 5.75 Å². The van der Waals surface area contributed by atoms with E-state index in [0.717, 1.165) is 22.4 Å². The van der Waals surface area contributed by atoms with Crippen molar-refractivity contribution in [2.45, 2.75) is 20.5 Å². The number of ether oxygens (including phenoxy) is 2. The number of carbonyl (C=O) groups excluding carboxylic acids is 1. The third-order valence-electron chi connectivity index (χ3n) is 2.54. The lowest BCUT2D eigenvalue weighted by atomic mass is 10.1. The highest BCUT2D eigenvalue weighted by molar-refractivity contribution is 5.76. The van der Waals surface area contributed by atoms with Crippen molar-refractivity contribution in [3.05, 3.63) is 28.8 Å². The van der Waals surface area contributed by atoms with E-state index in [9.17, 15) is 4.79 Å². The highest BCUT2D eigenvalue weighted by Crippen LogP contribution is 2.25. The molecule has 0 atom stereocenters. The van der Waals surface area contributed by atoms with Crippen molar-refractivity contribution in [3.63, 3.8) is 0 Å². The molecular weight excluding hydrogens is 244 g/mol. The minimum Gasteiger partial charge on any atom is -0.496 e. The number of hydrogen-bond donors (Lipinski definition) is 1. The van der Waals surface area contributed by atoms with Crippen LogP contribution in [0.4, 0.5) is 0 Å². The zero-order valence-corrected chi connectivity index (χ0v) is 12.2. The summed E-state index contributed by atoms with van der Waals surface area (Å²) >= 11 is 0. The quantitative estimate of drug-likeness (QED) is 0.791. The van der Waals surface area contributed by atoms with Crippen molar-refractivity contribution < 1.29 is 14.3 Å². The zero-order valence-electron chi connectivity index (χ0n) is 12.2. The monoisotopic (exact) mass is 266 g/mol. The lowest BCUT2D eigenvalue weighted by Crippen LogP contribution is -2.38. The molecule has 1 aromatic rings. The van der Waals surface area contributed by atoms with E-state index in [1.807, 2.05) is 19.9 Å². The van der Waals surface area contributed by atoms with Crippen LogP contribution in [0.1, 0.15) is 16.7 Å². The van der Waals surface area contributed by atoms with Crippen molar-refractivity contribution in [1.29, 1.82) is 0 Å². The molecule has 0 heterocycles. The lowest BCUT2D eigenvalue weighted by Gasteiger charge is -2.14. The van der Waals surface area contributed by atoms with Crippen LogP contribution in [0.5, 0.6) is 5.75 Å². The standard InChI is InChI=1S/C14H22N2O3/c1-10-6-11(2)14(18-5)12(7-10)8-19-9-13(17)15-16(3)4/h6-7H,8-9H2,1-5H3,(H,15,17). The van der Waals surface area contributed by atoms with Crippen LogP contribution in [0.3, 0.4) is 0 Å². The summed E-state index contributed by atoms with van der Waals surface area (Å²) in [6.45, 7) is 4.39. The molecule has 1 N–H and O–H groups in total. The Hall–Kier alpha value is -1.59. The van der Waals surface area contributed by atoms with Crippen LogP contribution in [-0.2, 0) is 16.1 Å². The zero-order chi connectivity index (χ0) is 14.4. The topological polar surface area (TPSA) is 50.8 Å². The molecule has 0 fully saturated rings. The number of nitrogens with one attached hydrogen (secondary N) is 1. The first kappa shape index (κ1) is 15.5. The van der Waals surface area contributed by atoms with Gasteiger partial charge in [-0.25, -0.2) is 5.01 Å². The Bertz CT molecular complexity index is 445. The van der Waals surface area contributed by atoms with E-state index in [1.165, 1.54) is 0 Å². The molecule has 0 radical (unpaired) electrons. The average molecular weight is 266 g/mol. The van der Waals surface area contributed by atoms with Gasteiger partial charge in [-0.1, -0.05) is 17.7 Å². The van der Waals surface area contributed by atoms with Gasteiger partial charge in [0.05, 0.1) is 13.7 Å². The number of hydrogen-bond acceptors (Lipinski definition) is 4. The van der Waals surface area contributed by atoms with Crippen LogP contribution in [-0.4, -0.2) is 38.7 Å². The van der Waals surface area contributed by atoms with Crippen LogP contribution < -0.4 is 10.2 Å². The second-order valence-corrected chi connectivity index (χ2v) is 4.70. The van der Waals surface area contributed by atoms with Gasteiger partial charge in [-0.3, -0.25) is 10.2 Å². The number of amides is 1. The average Bonchev–Trinajstić information content (AvgIpc) is 2.27. The number of hydrazine groups is 1. The SMILES string of the molecule is COc1c(C)cc(C)cc1COCC(=O)NN(C)C. The van der Waals surface area contributed by atoms with Crippen LogP contribution >= 0.6 is 0 Å². The van der Waals surface area contributed by atoms with Gasteiger partial charge in [-0.2, -0.15) is 0 Å². The summed E-state index contributed by atoms with van der Waals surface area (Å²) in [6.07, 6.45) is 0.